The number of hydrogen-bond donors (Lipinski definition) is 1. The van der Waals surface area contributed by atoms with Crippen LogP contribution in [0.2, 0.25) is 5.15 Å². The lowest BCUT2D eigenvalue weighted by atomic mass is 9.92. The molecule has 0 saturated carbocycles. The smallest absolute Gasteiger partial charge is 0.145 e. The van der Waals surface area contributed by atoms with E-state index in [1.165, 1.54) is 18.4 Å². The number of benzene rings is 1. The average molecular weight is 368 g/mol. The first-order valence-electron chi connectivity index (χ1n) is 7.31. The number of hydrogen-bond acceptors (Lipinski definition) is 2. The van der Waals surface area contributed by atoms with Gasteiger partial charge in [0, 0.05) is 12.7 Å². The highest BCUT2D eigenvalue weighted by molar-refractivity contribution is 9.10. The molecule has 0 saturated heterocycles. The normalized spacial score (nSPS) is 12.1. The Balaban J connectivity index is 1.82. The topological polar surface area (TPSA) is 24.9 Å². The molecule has 0 bridgehead atoms. The van der Waals surface area contributed by atoms with Gasteiger partial charge in [0.2, 0.25) is 0 Å². The van der Waals surface area contributed by atoms with Crippen molar-refractivity contribution in [3.05, 3.63) is 57.8 Å². The third kappa shape index (κ3) is 4.72. The van der Waals surface area contributed by atoms with Crippen LogP contribution < -0.4 is 5.32 Å². The van der Waals surface area contributed by atoms with E-state index in [0.29, 0.717) is 11.1 Å². The van der Waals surface area contributed by atoms with Crippen molar-refractivity contribution in [2.24, 2.45) is 0 Å². The largest absolute Gasteiger partial charge is 0.384 e. The third-order valence-electron chi connectivity index (χ3n) is 3.66. The Labute approximate surface area is 140 Å². The van der Waals surface area contributed by atoms with Gasteiger partial charge in [-0.1, -0.05) is 48.9 Å². The molecule has 0 radical (unpaired) electrons. The second-order valence-corrected chi connectivity index (χ2v) is 6.20. The number of pyridine rings is 1. The Morgan fingerprint density at radius 3 is 2.71 bits per heavy atom. The molecule has 1 atom stereocenters. The molecule has 2 aromatic rings. The standard InChI is InChI=1S/C17H20BrClN2/c1-2-13(14-7-4-3-5-8-14)9-6-11-20-15-10-12-21-17(19)16(15)18/h3-5,7-8,10,12-13H,2,6,9,11H2,1H3,(H,20,21). The molecule has 0 aliphatic rings. The van der Waals surface area contributed by atoms with Gasteiger partial charge < -0.3 is 5.32 Å². The SMILES string of the molecule is CCC(CCCNc1ccnc(Cl)c1Br)c1ccccc1. The van der Waals surface area contributed by atoms with Crippen LogP contribution in [-0.2, 0) is 0 Å². The number of anilines is 1. The van der Waals surface area contributed by atoms with Gasteiger partial charge in [-0.25, -0.2) is 4.98 Å². The van der Waals surface area contributed by atoms with Crippen molar-refractivity contribution in [3.63, 3.8) is 0 Å². The van der Waals surface area contributed by atoms with Gasteiger partial charge in [0.25, 0.3) is 0 Å². The van der Waals surface area contributed by atoms with Gasteiger partial charge in [-0.2, -0.15) is 0 Å². The number of aromatic nitrogens is 1. The van der Waals surface area contributed by atoms with Crippen molar-refractivity contribution >= 4 is 33.2 Å². The minimum absolute atomic E-state index is 0.496. The molecule has 1 aromatic carbocycles. The maximum absolute atomic E-state index is 5.98. The molecule has 0 aliphatic heterocycles. The summed E-state index contributed by atoms with van der Waals surface area (Å²) in [5.74, 6) is 0.637. The van der Waals surface area contributed by atoms with Crippen LogP contribution >= 0.6 is 27.5 Å². The Morgan fingerprint density at radius 2 is 2.00 bits per heavy atom. The summed E-state index contributed by atoms with van der Waals surface area (Å²) in [6, 6.07) is 12.7. The lowest BCUT2D eigenvalue weighted by Gasteiger charge is -2.16. The van der Waals surface area contributed by atoms with Gasteiger partial charge in [0.05, 0.1) is 10.2 Å². The second-order valence-electron chi connectivity index (χ2n) is 5.05. The Morgan fingerprint density at radius 1 is 1.24 bits per heavy atom. The van der Waals surface area contributed by atoms with Gasteiger partial charge >= 0.3 is 0 Å². The van der Waals surface area contributed by atoms with E-state index in [9.17, 15) is 0 Å². The van der Waals surface area contributed by atoms with E-state index in [0.717, 1.165) is 23.1 Å². The first-order chi connectivity index (χ1) is 10.2. The summed E-state index contributed by atoms with van der Waals surface area (Å²) in [7, 11) is 0. The molecule has 4 heteroatoms. The summed E-state index contributed by atoms with van der Waals surface area (Å²) >= 11 is 9.44. The molecule has 1 unspecified atom stereocenters. The Kier molecular flexibility index (Phi) is 6.52. The summed E-state index contributed by atoms with van der Waals surface area (Å²) < 4.78 is 0.835. The fourth-order valence-electron chi connectivity index (χ4n) is 2.46. The zero-order valence-corrected chi connectivity index (χ0v) is 14.5. The quantitative estimate of drug-likeness (QED) is 0.488. The Hall–Kier alpha value is -1.06. The third-order valence-corrected chi connectivity index (χ3v) is 4.97. The maximum Gasteiger partial charge on any atom is 0.145 e. The molecule has 1 aromatic heterocycles. The first kappa shape index (κ1) is 16.3. The van der Waals surface area contributed by atoms with Crippen LogP contribution in [0.4, 0.5) is 5.69 Å². The van der Waals surface area contributed by atoms with Gasteiger partial charge in [0.15, 0.2) is 0 Å². The van der Waals surface area contributed by atoms with E-state index in [2.05, 4.69) is 63.5 Å². The van der Waals surface area contributed by atoms with Crippen molar-refractivity contribution < 1.29 is 0 Å². The number of rotatable bonds is 7. The molecule has 112 valence electrons. The molecule has 0 aliphatic carbocycles. The summed E-state index contributed by atoms with van der Waals surface area (Å²) in [5.41, 5.74) is 2.44. The van der Waals surface area contributed by atoms with Crippen LogP contribution in [0.25, 0.3) is 0 Å². The molecule has 0 spiro atoms. The predicted molar refractivity (Wildman–Crippen MR) is 94.1 cm³/mol. The zero-order chi connectivity index (χ0) is 15.1. The molecule has 0 amide bonds. The van der Waals surface area contributed by atoms with Gasteiger partial charge in [-0.05, 0) is 52.7 Å². The van der Waals surface area contributed by atoms with Crippen LogP contribution in [0, 0.1) is 0 Å². The highest BCUT2D eigenvalue weighted by Crippen LogP contribution is 2.28. The van der Waals surface area contributed by atoms with Crippen LogP contribution in [0.1, 0.15) is 37.7 Å². The molecular formula is C17H20BrClN2. The van der Waals surface area contributed by atoms with E-state index >= 15 is 0 Å². The molecule has 0 fully saturated rings. The van der Waals surface area contributed by atoms with E-state index in [1.54, 1.807) is 6.20 Å². The maximum atomic E-state index is 5.98. The minimum atomic E-state index is 0.496. The Bertz CT molecular complexity index is 560. The molecule has 21 heavy (non-hydrogen) atoms. The highest BCUT2D eigenvalue weighted by atomic mass is 79.9. The van der Waals surface area contributed by atoms with Gasteiger partial charge in [-0.15, -0.1) is 0 Å². The molecule has 1 N–H and O–H groups in total. The van der Waals surface area contributed by atoms with Crippen LogP contribution in [-0.4, -0.2) is 11.5 Å². The average Bonchev–Trinajstić information content (AvgIpc) is 2.52. The zero-order valence-electron chi connectivity index (χ0n) is 12.2. The van der Waals surface area contributed by atoms with E-state index in [1.807, 2.05) is 6.07 Å². The fraction of sp³-hybridized carbons (Fsp3) is 0.353. The second kappa shape index (κ2) is 8.40. The first-order valence-corrected chi connectivity index (χ1v) is 8.48. The van der Waals surface area contributed by atoms with E-state index in [4.69, 9.17) is 11.6 Å². The van der Waals surface area contributed by atoms with Crippen molar-refractivity contribution in [3.8, 4) is 0 Å². The van der Waals surface area contributed by atoms with Crippen molar-refractivity contribution in [2.75, 3.05) is 11.9 Å². The lowest BCUT2D eigenvalue weighted by Crippen LogP contribution is -2.05. The summed E-state index contributed by atoms with van der Waals surface area (Å²) in [6.45, 7) is 3.19. The fourth-order valence-corrected chi connectivity index (χ4v) is 2.99. The van der Waals surface area contributed by atoms with E-state index in [-0.39, 0.29) is 0 Å². The minimum Gasteiger partial charge on any atom is -0.384 e. The molecule has 2 rings (SSSR count). The molecule has 1 heterocycles. The van der Waals surface area contributed by atoms with Crippen molar-refractivity contribution in [2.45, 2.75) is 32.1 Å². The monoisotopic (exact) mass is 366 g/mol. The summed E-state index contributed by atoms with van der Waals surface area (Å²) in [4.78, 5) is 4.03. The van der Waals surface area contributed by atoms with Crippen molar-refractivity contribution in [1.82, 2.24) is 4.98 Å². The van der Waals surface area contributed by atoms with Crippen LogP contribution in [0.3, 0.4) is 0 Å². The number of nitrogens with one attached hydrogen (secondary N) is 1. The lowest BCUT2D eigenvalue weighted by molar-refractivity contribution is 0.587. The summed E-state index contributed by atoms with van der Waals surface area (Å²) in [5, 5.41) is 3.91. The van der Waals surface area contributed by atoms with Crippen molar-refractivity contribution in [1.29, 1.82) is 0 Å². The number of halogens is 2. The number of nitrogens with zero attached hydrogens (tertiary/aromatic N) is 1. The van der Waals surface area contributed by atoms with Crippen LogP contribution in [0.15, 0.2) is 47.1 Å². The van der Waals surface area contributed by atoms with Gasteiger partial charge in [-0.3, -0.25) is 0 Å². The van der Waals surface area contributed by atoms with E-state index < -0.39 is 0 Å². The summed E-state index contributed by atoms with van der Waals surface area (Å²) in [6.07, 6.45) is 5.20. The highest BCUT2D eigenvalue weighted by Gasteiger charge is 2.09. The molecular weight excluding hydrogens is 348 g/mol. The van der Waals surface area contributed by atoms with Crippen LogP contribution in [0.5, 0.6) is 0 Å². The predicted octanol–water partition coefficient (Wildman–Crippen LogP) is 5.88. The van der Waals surface area contributed by atoms with Gasteiger partial charge in [0.1, 0.15) is 5.15 Å². The molecule has 2 nitrogen and oxygen atoms in total.